The molecule has 0 unspecified atom stereocenters. The Hall–Kier alpha value is -0.323. The van der Waals surface area contributed by atoms with Crippen molar-refractivity contribution < 1.29 is 13.9 Å². The molecule has 1 rings (SSSR count). The molecule has 3 nitrogen and oxygen atoms in total. The van der Waals surface area contributed by atoms with Gasteiger partial charge in [-0.05, 0) is 52.8 Å². The van der Waals surface area contributed by atoms with E-state index < -0.39 is 14.1 Å². The van der Waals surface area contributed by atoms with Crippen LogP contribution in [0.4, 0.5) is 0 Å². The van der Waals surface area contributed by atoms with E-state index in [4.69, 9.17) is 13.9 Å². The van der Waals surface area contributed by atoms with Gasteiger partial charge in [0.1, 0.15) is 0 Å². The molecule has 0 radical (unpaired) electrons. The zero-order chi connectivity index (χ0) is 14.7. The van der Waals surface area contributed by atoms with Crippen LogP contribution in [-0.4, -0.2) is 26.3 Å². The van der Waals surface area contributed by atoms with Gasteiger partial charge in [0.25, 0.3) is 0 Å². The van der Waals surface area contributed by atoms with Gasteiger partial charge in [0.2, 0.25) is 8.32 Å². The Labute approximate surface area is 119 Å². The predicted molar refractivity (Wildman–Crippen MR) is 81.5 cm³/mol. The molecule has 4 heteroatoms. The summed E-state index contributed by atoms with van der Waals surface area (Å²) >= 11 is 0. The molecule has 112 valence electrons. The third-order valence-corrected chi connectivity index (χ3v) is 3.98. The molecule has 0 amide bonds. The molecule has 1 aliphatic rings. The number of ether oxygens (including phenoxy) is 2. The highest BCUT2D eigenvalue weighted by Gasteiger charge is 2.39. The van der Waals surface area contributed by atoms with Crippen molar-refractivity contribution in [1.29, 1.82) is 0 Å². The molecule has 0 aliphatic carbocycles. The van der Waals surface area contributed by atoms with Gasteiger partial charge < -0.3 is 13.9 Å². The largest absolute Gasteiger partial charge is 0.548 e. The lowest BCUT2D eigenvalue weighted by molar-refractivity contribution is -0.146. The maximum absolute atomic E-state index is 5.95. The van der Waals surface area contributed by atoms with E-state index in [9.17, 15) is 0 Å². The SMILES string of the molecule is C=C(CCC[C@H]1OC(C)(C)O[C@@H]1CC)O[Si](C)(C)C. The van der Waals surface area contributed by atoms with Crippen LogP contribution < -0.4 is 0 Å². The topological polar surface area (TPSA) is 27.7 Å². The van der Waals surface area contributed by atoms with E-state index in [2.05, 4.69) is 33.1 Å². The van der Waals surface area contributed by atoms with Crippen molar-refractivity contribution in [2.75, 3.05) is 0 Å². The molecule has 0 aromatic heterocycles. The molecule has 0 bridgehead atoms. The average molecular weight is 286 g/mol. The molecule has 1 fully saturated rings. The van der Waals surface area contributed by atoms with Gasteiger partial charge in [0, 0.05) is 6.42 Å². The lowest BCUT2D eigenvalue weighted by Gasteiger charge is -2.21. The molecule has 0 saturated carbocycles. The number of hydrogen-bond acceptors (Lipinski definition) is 3. The third-order valence-electron chi connectivity index (χ3n) is 3.08. The minimum atomic E-state index is -1.50. The Morgan fingerprint density at radius 2 is 1.79 bits per heavy atom. The smallest absolute Gasteiger partial charge is 0.241 e. The Kier molecular flexibility index (Phi) is 5.65. The second-order valence-electron chi connectivity index (χ2n) is 6.77. The maximum atomic E-state index is 5.95. The molecular weight excluding hydrogens is 256 g/mol. The van der Waals surface area contributed by atoms with E-state index >= 15 is 0 Å². The molecule has 0 N–H and O–H groups in total. The van der Waals surface area contributed by atoms with Gasteiger partial charge in [0.15, 0.2) is 5.79 Å². The minimum absolute atomic E-state index is 0.208. The van der Waals surface area contributed by atoms with Gasteiger partial charge in [-0.1, -0.05) is 13.5 Å². The fourth-order valence-electron chi connectivity index (χ4n) is 2.48. The third kappa shape index (κ3) is 6.10. The van der Waals surface area contributed by atoms with Crippen molar-refractivity contribution >= 4 is 8.32 Å². The van der Waals surface area contributed by atoms with Gasteiger partial charge in [0.05, 0.1) is 18.0 Å². The van der Waals surface area contributed by atoms with Crippen molar-refractivity contribution in [3.8, 4) is 0 Å². The second-order valence-corrected chi connectivity index (χ2v) is 11.2. The average Bonchev–Trinajstić information content (AvgIpc) is 2.50. The van der Waals surface area contributed by atoms with Crippen LogP contribution in [0.2, 0.25) is 19.6 Å². The lowest BCUT2D eigenvalue weighted by atomic mass is 10.1. The van der Waals surface area contributed by atoms with E-state index in [-0.39, 0.29) is 12.2 Å². The number of rotatable bonds is 7. The highest BCUT2D eigenvalue weighted by molar-refractivity contribution is 6.70. The van der Waals surface area contributed by atoms with E-state index in [0.717, 1.165) is 31.4 Å². The standard InChI is InChI=1S/C15H30O3Si/c1-8-13-14(17-15(3,4)16-13)11-9-10-12(2)18-19(5,6)7/h13-14H,2,8-11H2,1,3-7H3/t13-,14-/m1/s1. The first-order chi connectivity index (χ1) is 8.63. The first-order valence-corrected chi connectivity index (χ1v) is 10.8. The summed E-state index contributed by atoms with van der Waals surface area (Å²) in [7, 11) is -1.50. The summed E-state index contributed by atoms with van der Waals surface area (Å²) in [6, 6.07) is 0. The first kappa shape index (κ1) is 16.7. The van der Waals surface area contributed by atoms with Crippen LogP contribution in [0.1, 0.15) is 46.5 Å². The van der Waals surface area contributed by atoms with Gasteiger partial charge in [-0.3, -0.25) is 0 Å². The second kappa shape index (κ2) is 6.42. The molecule has 1 heterocycles. The van der Waals surface area contributed by atoms with E-state index in [1.165, 1.54) is 0 Å². The van der Waals surface area contributed by atoms with Gasteiger partial charge in [-0.25, -0.2) is 0 Å². The number of hydrogen-bond donors (Lipinski definition) is 0. The predicted octanol–water partition coefficient (Wildman–Crippen LogP) is 4.45. The normalized spacial score (nSPS) is 26.4. The summed E-state index contributed by atoms with van der Waals surface area (Å²) in [5, 5.41) is 0. The summed E-state index contributed by atoms with van der Waals surface area (Å²) < 4.78 is 17.7. The molecule has 1 saturated heterocycles. The molecule has 0 aromatic rings. The maximum Gasteiger partial charge on any atom is 0.241 e. The van der Waals surface area contributed by atoms with Gasteiger partial charge in [-0.2, -0.15) is 0 Å². The minimum Gasteiger partial charge on any atom is -0.548 e. The van der Waals surface area contributed by atoms with Crippen molar-refractivity contribution in [2.24, 2.45) is 0 Å². The summed E-state index contributed by atoms with van der Waals surface area (Å²) in [5.41, 5.74) is 0. The first-order valence-electron chi connectivity index (χ1n) is 7.35. The van der Waals surface area contributed by atoms with Crippen LogP contribution in [0, 0.1) is 0 Å². The van der Waals surface area contributed by atoms with Crippen molar-refractivity contribution in [2.45, 2.75) is 84.1 Å². The highest BCUT2D eigenvalue weighted by atomic mass is 28.4. The van der Waals surface area contributed by atoms with Crippen LogP contribution in [0.5, 0.6) is 0 Å². The molecule has 19 heavy (non-hydrogen) atoms. The van der Waals surface area contributed by atoms with Crippen LogP contribution >= 0.6 is 0 Å². The summed E-state index contributed by atoms with van der Waals surface area (Å²) in [4.78, 5) is 0. The zero-order valence-corrected chi connectivity index (χ0v) is 14.4. The van der Waals surface area contributed by atoms with Crippen molar-refractivity contribution in [1.82, 2.24) is 0 Å². The fourth-order valence-corrected chi connectivity index (χ4v) is 3.45. The Bertz CT molecular complexity index is 307. The molecule has 1 aliphatic heterocycles. The summed E-state index contributed by atoms with van der Waals surface area (Å²) in [6.07, 6.45) is 4.40. The fraction of sp³-hybridized carbons (Fsp3) is 0.867. The molecular formula is C15H30O3Si. The zero-order valence-electron chi connectivity index (χ0n) is 13.4. The highest BCUT2D eigenvalue weighted by Crippen LogP contribution is 2.32. The van der Waals surface area contributed by atoms with Gasteiger partial charge in [-0.15, -0.1) is 0 Å². The van der Waals surface area contributed by atoms with E-state index in [0.29, 0.717) is 0 Å². The van der Waals surface area contributed by atoms with Crippen molar-refractivity contribution in [3.63, 3.8) is 0 Å². The number of allylic oxidation sites excluding steroid dienone is 1. The van der Waals surface area contributed by atoms with Gasteiger partial charge >= 0.3 is 0 Å². The molecule has 0 spiro atoms. The van der Waals surface area contributed by atoms with Crippen molar-refractivity contribution in [3.05, 3.63) is 12.3 Å². The monoisotopic (exact) mass is 286 g/mol. The quantitative estimate of drug-likeness (QED) is 0.511. The Balaban J connectivity index is 2.31. The Morgan fingerprint density at radius 1 is 1.21 bits per heavy atom. The van der Waals surface area contributed by atoms with E-state index in [1.807, 2.05) is 13.8 Å². The molecule has 2 atom stereocenters. The summed E-state index contributed by atoms with van der Waals surface area (Å²) in [5.74, 6) is 0.488. The lowest BCUT2D eigenvalue weighted by Crippen LogP contribution is -2.25. The summed E-state index contributed by atoms with van der Waals surface area (Å²) in [6.45, 7) is 16.7. The van der Waals surface area contributed by atoms with Crippen LogP contribution in [-0.2, 0) is 13.9 Å². The van der Waals surface area contributed by atoms with Crippen LogP contribution in [0.3, 0.4) is 0 Å². The van der Waals surface area contributed by atoms with Crippen LogP contribution in [0.25, 0.3) is 0 Å². The van der Waals surface area contributed by atoms with E-state index in [1.54, 1.807) is 0 Å². The Morgan fingerprint density at radius 3 is 2.32 bits per heavy atom. The van der Waals surface area contributed by atoms with Crippen LogP contribution in [0.15, 0.2) is 12.3 Å². The molecule has 0 aromatic carbocycles.